The van der Waals surface area contributed by atoms with Gasteiger partial charge in [0.05, 0.1) is 5.52 Å². The summed E-state index contributed by atoms with van der Waals surface area (Å²) in [4.78, 5) is 12.4. The number of carbonyl (C=O) groups is 1. The molecule has 0 spiro atoms. The van der Waals surface area contributed by atoms with Crippen LogP contribution in [0, 0.1) is 0 Å². The summed E-state index contributed by atoms with van der Waals surface area (Å²) < 4.78 is 5.86. The quantitative estimate of drug-likeness (QED) is 0.564. The first-order valence-electron chi connectivity index (χ1n) is 8.31. The van der Waals surface area contributed by atoms with Crippen LogP contribution in [0.3, 0.4) is 0 Å². The Balaban J connectivity index is 1.54. The van der Waals surface area contributed by atoms with Crippen LogP contribution in [-0.4, -0.2) is 16.1 Å². The molecule has 5 heteroatoms. The van der Waals surface area contributed by atoms with Crippen LogP contribution in [0.15, 0.2) is 78.9 Å². The summed E-state index contributed by atoms with van der Waals surface area (Å²) in [6.45, 7) is 0.482. The number of nitrogens with one attached hydrogen (secondary N) is 2. The largest absolute Gasteiger partial charge is 0.489 e. The van der Waals surface area contributed by atoms with Gasteiger partial charge in [0, 0.05) is 10.9 Å². The summed E-state index contributed by atoms with van der Waals surface area (Å²) in [6, 6.07) is 24.7. The third-order valence-electron chi connectivity index (χ3n) is 4.05. The number of amides is 1. The molecule has 3 aromatic carbocycles. The van der Waals surface area contributed by atoms with Gasteiger partial charge >= 0.3 is 0 Å². The van der Waals surface area contributed by atoms with Crippen molar-refractivity contribution in [1.82, 2.24) is 10.2 Å². The molecule has 1 heterocycles. The number of aromatic nitrogens is 2. The van der Waals surface area contributed by atoms with Gasteiger partial charge in [0.1, 0.15) is 12.4 Å². The molecule has 0 unspecified atom stereocenters. The normalized spacial score (nSPS) is 10.6. The van der Waals surface area contributed by atoms with E-state index in [-0.39, 0.29) is 5.91 Å². The molecular weight excluding hydrogens is 326 g/mol. The van der Waals surface area contributed by atoms with Crippen molar-refractivity contribution in [2.45, 2.75) is 6.61 Å². The van der Waals surface area contributed by atoms with Gasteiger partial charge < -0.3 is 10.1 Å². The number of hydrogen-bond acceptors (Lipinski definition) is 3. The zero-order valence-electron chi connectivity index (χ0n) is 14.0. The lowest BCUT2D eigenvalue weighted by Gasteiger charge is -2.07. The van der Waals surface area contributed by atoms with E-state index in [1.54, 1.807) is 12.1 Å². The van der Waals surface area contributed by atoms with Gasteiger partial charge in [-0.2, -0.15) is 5.10 Å². The molecule has 0 atom stereocenters. The van der Waals surface area contributed by atoms with E-state index in [1.165, 1.54) is 0 Å². The Labute approximate surface area is 150 Å². The molecule has 4 aromatic rings. The highest BCUT2D eigenvalue weighted by Crippen LogP contribution is 2.26. The number of hydrogen-bond donors (Lipinski definition) is 2. The second kappa shape index (κ2) is 7.11. The maximum absolute atomic E-state index is 12.4. The third kappa shape index (κ3) is 3.42. The maximum Gasteiger partial charge on any atom is 0.256 e. The molecule has 1 amide bonds. The minimum atomic E-state index is -0.199. The number of anilines is 1. The van der Waals surface area contributed by atoms with Crippen LogP contribution in [0.5, 0.6) is 5.75 Å². The minimum Gasteiger partial charge on any atom is -0.489 e. The molecule has 0 aliphatic rings. The summed E-state index contributed by atoms with van der Waals surface area (Å²) >= 11 is 0. The van der Waals surface area contributed by atoms with Crippen LogP contribution in [-0.2, 0) is 6.61 Å². The van der Waals surface area contributed by atoms with E-state index in [0.717, 1.165) is 22.2 Å². The Kier molecular flexibility index (Phi) is 4.35. The van der Waals surface area contributed by atoms with Crippen molar-refractivity contribution >= 4 is 22.6 Å². The van der Waals surface area contributed by atoms with Crippen molar-refractivity contribution < 1.29 is 9.53 Å². The standard InChI is InChI=1S/C21H17N3O2/c25-21(16-9-5-2-6-10-16)22-20-18-13-17(11-12-19(18)23-24-20)26-14-15-7-3-1-4-8-15/h1-13H,14H2,(H2,22,23,24,25). The predicted octanol–water partition coefficient (Wildman–Crippen LogP) is 4.39. The van der Waals surface area contributed by atoms with E-state index in [2.05, 4.69) is 15.5 Å². The molecule has 0 fully saturated rings. The number of benzene rings is 3. The number of fused-ring (bicyclic) bond motifs is 1. The second-order valence-electron chi connectivity index (χ2n) is 5.87. The number of H-pyrrole nitrogens is 1. The lowest BCUT2D eigenvalue weighted by molar-refractivity contribution is 0.102. The highest BCUT2D eigenvalue weighted by atomic mass is 16.5. The molecule has 1 aromatic heterocycles. The summed E-state index contributed by atoms with van der Waals surface area (Å²) in [5, 5.41) is 10.8. The van der Waals surface area contributed by atoms with Crippen molar-refractivity contribution in [3.63, 3.8) is 0 Å². The van der Waals surface area contributed by atoms with Crippen LogP contribution >= 0.6 is 0 Å². The minimum absolute atomic E-state index is 0.199. The zero-order chi connectivity index (χ0) is 17.8. The van der Waals surface area contributed by atoms with E-state index < -0.39 is 0 Å². The van der Waals surface area contributed by atoms with Crippen LogP contribution in [0.1, 0.15) is 15.9 Å². The summed E-state index contributed by atoms with van der Waals surface area (Å²) in [5.41, 5.74) is 2.51. The topological polar surface area (TPSA) is 67.0 Å². The van der Waals surface area contributed by atoms with Crippen LogP contribution in [0.4, 0.5) is 5.82 Å². The predicted molar refractivity (Wildman–Crippen MR) is 101 cm³/mol. The fourth-order valence-corrected chi connectivity index (χ4v) is 2.69. The van der Waals surface area contributed by atoms with Gasteiger partial charge in [-0.1, -0.05) is 48.5 Å². The summed E-state index contributed by atoms with van der Waals surface area (Å²) in [5.74, 6) is 1.01. The SMILES string of the molecule is O=C(Nc1n[nH]c2ccc(OCc3ccccc3)cc12)c1ccccc1. The van der Waals surface area contributed by atoms with Crippen LogP contribution in [0.25, 0.3) is 10.9 Å². The molecule has 2 N–H and O–H groups in total. The lowest BCUT2D eigenvalue weighted by Crippen LogP contribution is -2.12. The number of ether oxygens (including phenoxy) is 1. The maximum atomic E-state index is 12.4. The first-order valence-corrected chi connectivity index (χ1v) is 8.31. The molecule has 0 radical (unpaired) electrons. The van der Waals surface area contributed by atoms with Gasteiger partial charge in [-0.3, -0.25) is 9.89 Å². The van der Waals surface area contributed by atoms with Gasteiger partial charge in [-0.05, 0) is 35.9 Å². The van der Waals surface area contributed by atoms with Crippen LogP contribution < -0.4 is 10.1 Å². The monoisotopic (exact) mass is 343 g/mol. The highest BCUT2D eigenvalue weighted by Gasteiger charge is 2.12. The molecular formula is C21H17N3O2. The molecule has 26 heavy (non-hydrogen) atoms. The van der Waals surface area contributed by atoms with E-state index in [1.807, 2.05) is 66.7 Å². The molecule has 128 valence electrons. The van der Waals surface area contributed by atoms with Crippen molar-refractivity contribution in [2.75, 3.05) is 5.32 Å². The fraction of sp³-hybridized carbons (Fsp3) is 0.0476. The van der Waals surface area contributed by atoms with E-state index in [4.69, 9.17) is 4.74 Å². The van der Waals surface area contributed by atoms with Crippen molar-refractivity contribution in [1.29, 1.82) is 0 Å². The van der Waals surface area contributed by atoms with Gasteiger partial charge in [0.2, 0.25) is 0 Å². The van der Waals surface area contributed by atoms with Gasteiger partial charge in [-0.15, -0.1) is 0 Å². The first-order chi connectivity index (χ1) is 12.8. The van der Waals surface area contributed by atoms with Crippen molar-refractivity contribution in [3.05, 3.63) is 90.0 Å². The van der Waals surface area contributed by atoms with Crippen LogP contribution in [0.2, 0.25) is 0 Å². The summed E-state index contributed by atoms with van der Waals surface area (Å²) in [6.07, 6.45) is 0. The number of carbonyl (C=O) groups excluding carboxylic acids is 1. The first kappa shape index (κ1) is 15.9. The Bertz CT molecular complexity index is 1030. The highest BCUT2D eigenvalue weighted by molar-refractivity contribution is 6.07. The number of rotatable bonds is 5. The van der Waals surface area contributed by atoms with E-state index in [0.29, 0.717) is 18.0 Å². The zero-order valence-corrected chi connectivity index (χ0v) is 14.0. The lowest BCUT2D eigenvalue weighted by atomic mass is 10.2. The number of aromatic amines is 1. The second-order valence-corrected chi connectivity index (χ2v) is 5.87. The van der Waals surface area contributed by atoms with Crippen molar-refractivity contribution in [2.24, 2.45) is 0 Å². The molecule has 0 bridgehead atoms. The molecule has 0 saturated heterocycles. The Morgan fingerprint density at radius 3 is 2.46 bits per heavy atom. The average molecular weight is 343 g/mol. The fourth-order valence-electron chi connectivity index (χ4n) is 2.69. The van der Waals surface area contributed by atoms with Gasteiger partial charge in [-0.25, -0.2) is 0 Å². The Hall–Kier alpha value is -3.60. The number of nitrogens with zero attached hydrogens (tertiary/aromatic N) is 1. The smallest absolute Gasteiger partial charge is 0.256 e. The van der Waals surface area contributed by atoms with Gasteiger partial charge in [0.15, 0.2) is 5.82 Å². The molecule has 4 rings (SSSR count). The molecule has 0 saturated carbocycles. The third-order valence-corrected chi connectivity index (χ3v) is 4.05. The molecule has 0 aliphatic heterocycles. The Morgan fingerprint density at radius 2 is 1.69 bits per heavy atom. The van der Waals surface area contributed by atoms with Crippen molar-refractivity contribution in [3.8, 4) is 5.75 Å². The summed E-state index contributed by atoms with van der Waals surface area (Å²) in [7, 11) is 0. The Morgan fingerprint density at radius 1 is 0.962 bits per heavy atom. The van der Waals surface area contributed by atoms with E-state index in [9.17, 15) is 4.79 Å². The molecule has 0 aliphatic carbocycles. The molecule has 5 nitrogen and oxygen atoms in total. The van der Waals surface area contributed by atoms with Gasteiger partial charge in [0.25, 0.3) is 5.91 Å². The van der Waals surface area contributed by atoms with E-state index >= 15 is 0 Å². The average Bonchev–Trinajstić information content (AvgIpc) is 3.10.